The van der Waals surface area contributed by atoms with Crippen molar-refractivity contribution in [2.45, 2.75) is 27.2 Å². The Kier molecular flexibility index (Phi) is 4.30. The smallest absolute Gasteiger partial charge is 0.307 e. The van der Waals surface area contributed by atoms with E-state index < -0.39 is 0 Å². The number of aromatic nitrogens is 2. The maximum absolute atomic E-state index is 12.0. The number of nitrogens with one attached hydrogen (secondary N) is 2. The Balaban J connectivity index is 2.08. The average molecular weight is 270 g/mol. The van der Waals surface area contributed by atoms with E-state index in [4.69, 9.17) is 0 Å². The first-order valence-electron chi connectivity index (χ1n) is 6.54. The third kappa shape index (κ3) is 3.54. The van der Waals surface area contributed by atoms with Crippen molar-refractivity contribution in [1.29, 1.82) is 0 Å². The summed E-state index contributed by atoms with van der Waals surface area (Å²) < 4.78 is 0. The topological polar surface area (TPSA) is 66.9 Å². The van der Waals surface area contributed by atoms with Gasteiger partial charge < -0.3 is 5.32 Å². The van der Waals surface area contributed by atoms with Crippen LogP contribution in [0, 0.1) is 13.8 Å². The van der Waals surface area contributed by atoms with Crippen molar-refractivity contribution < 1.29 is 4.79 Å². The van der Waals surface area contributed by atoms with E-state index in [2.05, 4.69) is 27.5 Å². The number of hydrogen-bond acceptors (Lipinski definition) is 3. The number of hydrogen-bond donors (Lipinski definition) is 2. The summed E-state index contributed by atoms with van der Waals surface area (Å²) in [7, 11) is 0. The number of aryl methyl sites for hydroxylation is 3. The minimum atomic E-state index is -0.316. The van der Waals surface area contributed by atoms with Gasteiger partial charge in [0.15, 0.2) is 5.82 Å². The summed E-state index contributed by atoms with van der Waals surface area (Å²) in [5, 5.41) is 5.51. The molecule has 0 unspecified atom stereocenters. The van der Waals surface area contributed by atoms with E-state index >= 15 is 0 Å². The fourth-order valence-electron chi connectivity index (χ4n) is 1.84. The monoisotopic (exact) mass is 270 g/mol. The molecule has 0 atom stereocenters. The zero-order chi connectivity index (χ0) is 14.5. The molecule has 0 saturated heterocycles. The lowest BCUT2D eigenvalue weighted by Crippen LogP contribution is -2.21. The molecule has 104 valence electrons. The molecule has 2 rings (SSSR count). The van der Waals surface area contributed by atoms with Crippen LogP contribution >= 0.6 is 0 Å². The highest BCUT2D eigenvalue weighted by Gasteiger charge is 2.07. The van der Waals surface area contributed by atoms with Gasteiger partial charge >= 0.3 is 6.03 Å². The third-order valence-electron chi connectivity index (χ3n) is 2.92. The number of carbonyl (C=O) groups excluding carboxylic acids is 1. The van der Waals surface area contributed by atoms with Gasteiger partial charge in [0.25, 0.3) is 0 Å². The number of rotatable bonds is 3. The Labute approximate surface area is 118 Å². The van der Waals surface area contributed by atoms with E-state index in [1.54, 1.807) is 6.20 Å². The van der Waals surface area contributed by atoms with Crippen LogP contribution in [0.3, 0.4) is 0 Å². The summed E-state index contributed by atoms with van der Waals surface area (Å²) in [6.45, 7) is 5.89. The molecule has 5 heteroatoms. The molecule has 2 aromatic rings. The molecule has 2 amide bonds. The quantitative estimate of drug-likeness (QED) is 0.899. The molecule has 1 heterocycles. The van der Waals surface area contributed by atoms with E-state index in [1.165, 1.54) is 6.20 Å². The molecule has 0 aliphatic carbocycles. The van der Waals surface area contributed by atoms with Crippen LogP contribution in [-0.2, 0) is 6.42 Å². The van der Waals surface area contributed by atoms with Crippen molar-refractivity contribution in [3.8, 4) is 0 Å². The fraction of sp³-hybridized carbons (Fsp3) is 0.267. The van der Waals surface area contributed by atoms with Crippen LogP contribution < -0.4 is 10.6 Å². The van der Waals surface area contributed by atoms with Gasteiger partial charge in [-0.3, -0.25) is 10.3 Å². The summed E-state index contributed by atoms with van der Waals surface area (Å²) in [5.74, 6) is 0.429. The molecule has 20 heavy (non-hydrogen) atoms. The molecule has 0 fully saturated rings. The highest BCUT2D eigenvalue weighted by molar-refractivity contribution is 5.99. The number of amides is 2. The first kappa shape index (κ1) is 14.0. The summed E-state index contributed by atoms with van der Waals surface area (Å²) in [6, 6.07) is 5.70. The molecule has 0 saturated carbocycles. The van der Waals surface area contributed by atoms with E-state index in [1.807, 2.05) is 32.0 Å². The first-order chi connectivity index (χ1) is 9.58. The van der Waals surface area contributed by atoms with Gasteiger partial charge in [0, 0.05) is 5.69 Å². The molecule has 1 aromatic carbocycles. The van der Waals surface area contributed by atoms with Crippen LogP contribution in [0.2, 0.25) is 0 Å². The van der Waals surface area contributed by atoms with Crippen LogP contribution in [0.5, 0.6) is 0 Å². The summed E-state index contributed by atoms with van der Waals surface area (Å²) >= 11 is 0. The van der Waals surface area contributed by atoms with E-state index in [-0.39, 0.29) is 6.03 Å². The molecule has 0 radical (unpaired) electrons. The van der Waals surface area contributed by atoms with Crippen molar-refractivity contribution in [3.63, 3.8) is 0 Å². The minimum absolute atomic E-state index is 0.316. The van der Waals surface area contributed by atoms with Gasteiger partial charge in [-0.1, -0.05) is 19.1 Å². The maximum Gasteiger partial charge on any atom is 0.324 e. The van der Waals surface area contributed by atoms with E-state index in [0.717, 1.165) is 28.9 Å². The Morgan fingerprint density at radius 1 is 1.15 bits per heavy atom. The predicted octanol–water partition coefficient (Wildman–Crippen LogP) is 3.30. The second-order valence-electron chi connectivity index (χ2n) is 4.64. The van der Waals surface area contributed by atoms with Crippen LogP contribution in [0.1, 0.15) is 23.7 Å². The SMILES string of the molecule is CCc1ccc(C)cc1NC(=O)Nc1cnc(C)cn1. The van der Waals surface area contributed by atoms with Crippen molar-refractivity contribution in [3.05, 3.63) is 47.4 Å². The van der Waals surface area contributed by atoms with Gasteiger partial charge in [-0.15, -0.1) is 0 Å². The maximum atomic E-state index is 12.0. The number of anilines is 2. The van der Waals surface area contributed by atoms with Gasteiger partial charge in [-0.25, -0.2) is 9.78 Å². The number of nitrogens with zero attached hydrogens (tertiary/aromatic N) is 2. The normalized spacial score (nSPS) is 10.2. The number of benzene rings is 1. The minimum Gasteiger partial charge on any atom is -0.307 e. The van der Waals surface area contributed by atoms with E-state index in [0.29, 0.717) is 5.82 Å². The zero-order valence-electron chi connectivity index (χ0n) is 11.9. The Hall–Kier alpha value is -2.43. The van der Waals surface area contributed by atoms with Gasteiger partial charge in [0.1, 0.15) is 0 Å². The molecule has 0 bridgehead atoms. The number of urea groups is 1. The second kappa shape index (κ2) is 6.14. The third-order valence-corrected chi connectivity index (χ3v) is 2.92. The second-order valence-corrected chi connectivity index (χ2v) is 4.64. The number of carbonyl (C=O) groups is 1. The lowest BCUT2D eigenvalue weighted by atomic mass is 10.1. The van der Waals surface area contributed by atoms with Gasteiger partial charge in [0.2, 0.25) is 0 Å². The van der Waals surface area contributed by atoms with Gasteiger partial charge in [0.05, 0.1) is 18.1 Å². The summed E-state index contributed by atoms with van der Waals surface area (Å²) in [6.07, 6.45) is 4.01. The lowest BCUT2D eigenvalue weighted by Gasteiger charge is -2.11. The van der Waals surface area contributed by atoms with Crippen LogP contribution in [0.25, 0.3) is 0 Å². The molecule has 5 nitrogen and oxygen atoms in total. The van der Waals surface area contributed by atoms with Crippen LogP contribution in [-0.4, -0.2) is 16.0 Å². The molecule has 2 N–H and O–H groups in total. The highest BCUT2D eigenvalue weighted by atomic mass is 16.2. The molecule has 1 aromatic heterocycles. The summed E-state index contributed by atoms with van der Waals surface area (Å²) in [5.41, 5.74) is 3.83. The largest absolute Gasteiger partial charge is 0.324 e. The Bertz CT molecular complexity index is 608. The van der Waals surface area contributed by atoms with Crippen LogP contribution in [0.4, 0.5) is 16.3 Å². The fourth-order valence-corrected chi connectivity index (χ4v) is 1.84. The molecular weight excluding hydrogens is 252 g/mol. The van der Waals surface area contributed by atoms with Gasteiger partial charge in [-0.05, 0) is 37.5 Å². The Morgan fingerprint density at radius 3 is 2.60 bits per heavy atom. The standard InChI is InChI=1S/C15H18N4O/c1-4-12-6-5-10(2)7-13(12)18-15(20)19-14-9-16-11(3)8-17-14/h5-9H,4H2,1-3H3,(H2,17,18,19,20). The van der Waals surface area contributed by atoms with Crippen LogP contribution in [0.15, 0.2) is 30.6 Å². The van der Waals surface area contributed by atoms with Gasteiger partial charge in [-0.2, -0.15) is 0 Å². The van der Waals surface area contributed by atoms with Crippen molar-refractivity contribution >= 4 is 17.5 Å². The average Bonchev–Trinajstić information content (AvgIpc) is 2.41. The van der Waals surface area contributed by atoms with E-state index in [9.17, 15) is 4.79 Å². The highest BCUT2D eigenvalue weighted by Crippen LogP contribution is 2.18. The van der Waals surface area contributed by atoms with Crippen molar-refractivity contribution in [2.24, 2.45) is 0 Å². The lowest BCUT2D eigenvalue weighted by molar-refractivity contribution is 0.262. The first-order valence-corrected chi connectivity index (χ1v) is 6.54. The summed E-state index contributed by atoms with van der Waals surface area (Å²) in [4.78, 5) is 20.1. The predicted molar refractivity (Wildman–Crippen MR) is 80.0 cm³/mol. The van der Waals surface area contributed by atoms with Crippen molar-refractivity contribution in [2.75, 3.05) is 10.6 Å². The molecule has 0 aliphatic rings. The molecule has 0 aliphatic heterocycles. The molecular formula is C15H18N4O. The van der Waals surface area contributed by atoms with Crippen molar-refractivity contribution in [1.82, 2.24) is 9.97 Å². The Morgan fingerprint density at radius 2 is 1.95 bits per heavy atom. The molecule has 0 spiro atoms. The zero-order valence-corrected chi connectivity index (χ0v) is 11.9.